The quantitative estimate of drug-likeness (QED) is 0.257. The molecule has 0 radical (unpaired) electrons. The largest absolute Gasteiger partial charge is 0.496 e. The van der Waals surface area contributed by atoms with Gasteiger partial charge < -0.3 is 35.6 Å². The van der Waals surface area contributed by atoms with Crippen LogP contribution < -0.4 is 26.4 Å². The van der Waals surface area contributed by atoms with Crippen molar-refractivity contribution in [1.29, 1.82) is 0 Å². The number of rotatable bonds is 12. The molecule has 0 aliphatic carbocycles. The second kappa shape index (κ2) is 13.3. The lowest BCUT2D eigenvalue weighted by atomic mass is 9.80. The second-order valence-corrected chi connectivity index (χ2v) is 8.74. The maximum absolute atomic E-state index is 12.6. The minimum absolute atomic E-state index is 0.0936. The van der Waals surface area contributed by atoms with Gasteiger partial charge in [0.15, 0.2) is 12.2 Å². The third kappa shape index (κ3) is 7.71. The fourth-order valence-corrected chi connectivity index (χ4v) is 4.00. The zero-order chi connectivity index (χ0) is 26.7. The van der Waals surface area contributed by atoms with Gasteiger partial charge in [-0.25, -0.2) is 14.6 Å². The van der Waals surface area contributed by atoms with E-state index in [0.29, 0.717) is 36.0 Å². The van der Waals surface area contributed by atoms with Crippen molar-refractivity contribution < 1.29 is 23.5 Å². The zero-order valence-electron chi connectivity index (χ0n) is 21.5. The number of alkyl carbamates (subject to hydrolysis) is 1. The number of urea groups is 1. The second-order valence-electron chi connectivity index (χ2n) is 8.74. The maximum Gasteiger partial charge on any atom is 0.407 e. The molecule has 2 aromatic carbocycles. The van der Waals surface area contributed by atoms with Crippen LogP contribution >= 0.6 is 0 Å². The summed E-state index contributed by atoms with van der Waals surface area (Å²) in [5.74, 6) is 1.10. The van der Waals surface area contributed by atoms with Gasteiger partial charge in [0.2, 0.25) is 0 Å². The minimum atomic E-state index is -0.484. The molecule has 0 aliphatic heterocycles. The molecular weight excluding hydrogens is 474 g/mol. The third-order valence-electron chi connectivity index (χ3n) is 6.46. The van der Waals surface area contributed by atoms with Crippen molar-refractivity contribution in [2.45, 2.75) is 39.7 Å². The Morgan fingerprint density at radius 1 is 1.08 bits per heavy atom. The van der Waals surface area contributed by atoms with E-state index in [1.165, 1.54) is 6.39 Å². The Bertz CT molecular complexity index is 1160. The molecule has 0 saturated carbocycles. The number of oxazole rings is 1. The predicted molar refractivity (Wildman–Crippen MR) is 142 cm³/mol. The molecular formula is C27H35N5O5. The Balaban J connectivity index is 1.53. The van der Waals surface area contributed by atoms with Gasteiger partial charge in [0.1, 0.15) is 5.75 Å². The lowest BCUT2D eigenvalue weighted by Crippen LogP contribution is -2.33. The number of ether oxygens (including phenoxy) is 2. The van der Waals surface area contributed by atoms with E-state index in [-0.39, 0.29) is 12.0 Å². The fourth-order valence-electron chi connectivity index (χ4n) is 4.00. The summed E-state index contributed by atoms with van der Waals surface area (Å²) in [6.07, 6.45) is 5.03. The van der Waals surface area contributed by atoms with E-state index >= 15 is 0 Å². The van der Waals surface area contributed by atoms with Gasteiger partial charge in [-0.3, -0.25) is 0 Å². The molecule has 10 nitrogen and oxygen atoms in total. The van der Waals surface area contributed by atoms with Crippen molar-refractivity contribution >= 4 is 23.5 Å². The maximum atomic E-state index is 12.6. The number of hydrogen-bond acceptors (Lipinski definition) is 7. The predicted octanol–water partition coefficient (Wildman–Crippen LogP) is 5.38. The molecule has 0 fully saturated rings. The molecule has 37 heavy (non-hydrogen) atoms. The number of benzene rings is 2. The molecule has 0 bridgehead atoms. The number of nitrogens with two attached hydrogens (primary N) is 1. The normalized spacial score (nSPS) is 11.0. The smallest absolute Gasteiger partial charge is 0.407 e. The van der Waals surface area contributed by atoms with Crippen LogP contribution in [0.5, 0.6) is 5.75 Å². The third-order valence-corrected chi connectivity index (χ3v) is 6.46. The van der Waals surface area contributed by atoms with Gasteiger partial charge >= 0.3 is 12.1 Å². The molecule has 1 heterocycles. The van der Waals surface area contributed by atoms with Crippen LogP contribution in [0.4, 0.5) is 21.0 Å². The summed E-state index contributed by atoms with van der Waals surface area (Å²) in [5.41, 5.74) is 8.30. The lowest BCUT2D eigenvalue weighted by molar-refractivity contribution is 0.0709. The van der Waals surface area contributed by atoms with Crippen molar-refractivity contribution in [3.05, 3.63) is 60.6 Å². The van der Waals surface area contributed by atoms with Crippen LogP contribution in [0.3, 0.4) is 0 Å². The van der Waals surface area contributed by atoms with Crippen LogP contribution in [0.15, 0.2) is 59.5 Å². The highest BCUT2D eigenvalue weighted by Gasteiger charge is 2.27. The van der Waals surface area contributed by atoms with E-state index < -0.39 is 12.1 Å². The summed E-state index contributed by atoms with van der Waals surface area (Å²) in [5, 5.41) is 8.35. The van der Waals surface area contributed by atoms with Gasteiger partial charge in [0, 0.05) is 29.4 Å². The monoisotopic (exact) mass is 509 g/mol. The molecule has 0 aliphatic rings. The molecule has 3 amide bonds. The topological polar surface area (TPSA) is 141 Å². The van der Waals surface area contributed by atoms with Crippen molar-refractivity contribution in [2.24, 2.45) is 11.1 Å². The SMILES string of the molecule is CCC(CC)(CCN)COC(=O)NCc1cccc(NC(=O)Nc2ccc(-c3cnco3)c(OC)c2)c1. The van der Waals surface area contributed by atoms with Crippen molar-refractivity contribution in [2.75, 3.05) is 30.9 Å². The van der Waals surface area contributed by atoms with E-state index in [4.69, 9.17) is 19.6 Å². The zero-order valence-corrected chi connectivity index (χ0v) is 21.5. The molecule has 0 atom stereocenters. The van der Waals surface area contributed by atoms with E-state index in [1.807, 2.05) is 6.07 Å². The first-order chi connectivity index (χ1) is 17.9. The van der Waals surface area contributed by atoms with Gasteiger partial charge in [-0.2, -0.15) is 0 Å². The number of carbonyl (C=O) groups excluding carboxylic acids is 2. The summed E-state index contributed by atoms with van der Waals surface area (Å²) in [7, 11) is 1.54. The summed E-state index contributed by atoms with van der Waals surface area (Å²) >= 11 is 0. The van der Waals surface area contributed by atoms with Gasteiger partial charge in [-0.1, -0.05) is 26.0 Å². The van der Waals surface area contributed by atoms with Crippen LogP contribution in [0.25, 0.3) is 11.3 Å². The van der Waals surface area contributed by atoms with Crippen LogP contribution in [0.1, 0.15) is 38.7 Å². The molecule has 5 N–H and O–H groups in total. The van der Waals surface area contributed by atoms with E-state index in [9.17, 15) is 9.59 Å². The van der Waals surface area contributed by atoms with Gasteiger partial charge in [-0.05, 0) is 55.6 Å². The minimum Gasteiger partial charge on any atom is -0.496 e. The van der Waals surface area contributed by atoms with Gasteiger partial charge in [-0.15, -0.1) is 0 Å². The number of nitrogens with zero attached hydrogens (tertiary/aromatic N) is 1. The molecule has 3 aromatic rings. The first-order valence-electron chi connectivity index (χ1n) is 12.3. The summed E-state index contributed by atoms with van der Waals surface area (Å²) in [6.45, 7) is 5.31. The highest BCUT2D eigenvalue weighted by atomic mass is 16.5. The number of carbonyl (C=O) groups is 2. The van der Waals surface area contributed by atoms with E-state index in [1.54, 1.807) is 49.7 Å². The first-order valence-corrected chi connectivity index (χ1v) is 12.3. The van der Waals surface area contributed by atoms with Crippen LogP contribution in [0.2, 0.25) is 0 Å². The molecule has 3 rings (SSSR count). The summed E-state index contributed by atoms with van der Waals surface area (Å²) < 4.78 is 16.2. The summed E-state index contributed by atoms with van der Waals surface area (Å²) in [4.78, 5) is 28.7. The van der Waals surface area contributed by atoms with Crippen molar-refractivity contribution in [1.82, 2.24) is 10.3 Å². The van der Waals surface area contributed by atoms with Crippen molar-refractivity contribution in [3.63, 3.8) is 0 Å². The highest BCUT2D eigenvalue weighted by molar-refractivity contribution is 6.00. The lowest BCUT2D eigenvalue weighted by Gasteiger charge is -2.30. The Kier molecular flexibility index (Phi) is 9.91. The van der Waals surface area contributed by atoms with E-state index in [0.717, 1.165) is 30.4 Å². The number of amides is 3. The van der Waals surface area contributed by atoms with Crippen LogP contribution in [-0.4, -0.2) is 37.4 Å². The Hall–Kier alpha value is -4.05. The van der Waals surface area contributed by atoms with Gasteiger partial charge in [0.05, 0.1) is 25.5 Å². The van der Waals surface area contributed by atoms with E-state index in [2.05, 4.69) is 34.8 Å². The average molecular weight is 510 g/mol. The molecule has 10 heteroatoms. The van der Waals surface area contributed by atoms with Crippen LogP contribution in [0, 0.1) is 5.41 Å². The van der Waals surface area contributed by atoms with Crippen molar-refractivity contribution in [3.8, 4) is 17.1 Å². The number of aromatic nitrogens is 1. The Morgan fingerprint density at radius 3 is 2.49 bits per heavy atom. The molecule has 0 spiro atoms. The molecule has 198 valence electrons. The number of methoxy groups -OCH3 is 1. The average Bonchev–Trinajstić information content (AvgIpc) is 3.45. The number of hydrogen-bond donors (Lipinski definition) is 4. The number of nitrogens with one attached hydrogen (secondary N) is 3. The van der Waals surface area contributed by atoms with Crippen LogP contribution in [-0.2, 0) is 11.3 Å². The first kappa shape index (κ1) is 27.5. The highest BCUT2D eigenvalue weighted by Crippen LogP contribution is 2.32. The Morgan fingerprint density at radius 2 is 1.84 bits per heavy atom. The standard InChI is InChI=1S/C27H35N5O5/c1-4-27(5-2,11-12-28)17-36-26(34)30-15-19-7-6-8-20(13-19)31-25(33)32-21-9-10-22(23(14-21)35-3)24-16-29-18-37-24/h6-10,13-14,16,18H,4-5,11-12,15,17,28H2,1-3H3,(H,30,34)(H2,31,32,33). The summed E-state index contributed by atoms with van der Waals surface area (Å²) in [6, 6.07) is 12.0. The number of anilines is 2. The fraction of sp³-hybridized carbons (Fsp3) is 0.370. The molecule has 0 unspecified atom stereocenters. The Labute approximate surface area is 216 Å². The molecule has 0 saturated heterocycles. The van der Waals surface area contributed by atoms with Gasteiger partial charge in [0.25, 0.3) is 0 Å². The molecule has 1 aromatic heterocycles.